The van der Waals surface area contributed by atoms with Gasteiger partial charge in [-0.25, -0.2) is 4.79 Å². The van der Waals surface area contributed by atoms with E-state index in [0.29, 0.717) is 24.4 Å². The first kappa shape index (κ1) is 17.6. The lowest BCUT2D eigenvalue weighted by Crippen LogP contribution is -2.22. The average molecular weight is 379 g/mol. The summed E-state index contributed by atoms with van der Waals surface area (Å²) >= 11 is 11.3. The topological polar surface area (TPSA) is 75.1 Å². The summed E-state index contributed by atoms with van der Waals surface area (Å²) in [7, 11) is 0. The van der Waals surface area contributed by atoms with E-state index in [1.54, 1.807) is 13.0 Å². The molecule has 0 radical (unpaired) electrons. The third-order valence-corrected chi connectivity index (χ3v) is 4.30. The summed E-state index contributed by atoms with van der Waals surface area (Å²) in [6.45, 7) is 2.17. The molecule has 0 aliphatic carbocycles. The SMILES string of the molecule is Cc1cc(NCCc2c[nH]c3ccccc23)c(C(=O)C(Cl)Cl)c(=O)o1. The van der Waals surface area contributed by atoms with Crippen molar-refractivity contribution in [1.29, 1.82) is 0 Å². The number of H-pyrrole nitrogens is 1. The van der Waals surface area contributed by atoms with E-state index in [4.69, 9.17) is 27.6 Å². The van der Waals surface area contributed by atoms with Gasteiger partial charge in [-0.1, -0.05) is 41.4 Å². The van der Waals surface area contributed by atoms with E-state index in [-0.39, 0.29) is 5.56 Å². The zero-order chi connectivity index (χ0) is 18.0. The van der Waals surface area contributed by atoms with Gasteiger partial charge in [0.2, 0.25) is 5.78 Å². The molecule has 0 fully saturated rings. The molecule has 0 saturated carbocycles. The van der Waals surface area contributed by atoms with Crippen LogP contribution in [0, 0.1) is 6.92 Å². The Morgan fingerprint density at radius 2 is 2.08 bits per heavy atom. The minimum Gasteiger partial charge on any atom is -0.428 e. The number of aromatic amines is 1. The minimum atomic E-state index is -1.32. The molecule has 0 unspecified atom stereocenters. The average Bonchev–Trinajstić information content (AvgIpc) is 2.97. The number of para-hydroxylation sites is 1. The molecule has 130 valence electrons. The molecule has 7 heteroatoms. The molecule has 0 amide bonds. The van der Waals surface area contributed by atoms with E-state index in [0.717, 1.165) is 16.5 Å². The predicted molar refractivity (Wildman–Crippen MR) is 100 cm³/mol. The minimum absolute atomic E-state index is 0.153. The Balaban J connectivity index is 1.81. The van der Waals surface area contributed by atoms with Gasteiger partial charge >= 0.3 is 5.63 Å². The number of hydrogen-bond acceptors (Lipinski definition) is 4. The van der Waals surface area contributed by atoms with Crippen LogP contribution in [0.4, 0.5) is 5.69 Å². The third-order valence-electron chi connectivity index (χ3n) is 3.90. The maximum Gasteiger partial charge on any atom is 0.349 e. The van der Waals surface area contributed by atoms with E-state index in [2.05, 4.69) is 10.3 Å². The van der Waals surface area contributed by atoms with Crippen LogP contribution in [0.15, 0.2) is 45.7 Å². The van der Waals surface area contributed by atoms with Crippen LogP contribution in [0.1, 0.15) is 21.7 Å². The highest BCUT2D eigenvalue weighted by Crippen LogP contribution is 2.21. The molecule has 2 N–H and O–H groups in total. The van der Waals surface area contributed by atoms with Crippen molar-refractivity contribution in [3.05, 3.63) is 63.8 Å². The summed E-state index contributed by atoms with van der Waals surface area (Å²) in [6.07, 6.45) is 2.67. The van der Waals surface area contributed by atoms with Gasteiger partial charge < -0.3 is 14.7 Å². The van der Waals surface area contributed by atoms with Gasteiger partial charge in [0.1, 0.15) is 11.3 Å². The number of rotatable bonds is 6. The lowest BCUT2D eigenvalue weighted by molar-refractivity contribution is 0.100. The zero-order valence-electron chi connectivity index (χ0n) is 13.4. The van der Waals surface area contributed by atoms with Crippen LogP contribution in [0.25, 0.3) is 10.9 Å². The number of carbonyl (C=O) groups is 1. The van der Waals surface area contributed by atoms with Gasteiger partial charge in [-0.3, -0.25) is 4.79 Å². The van der Waals surface area contributed by atoms with Crippen molar-refractivity contribution < 1.29 is 9.21 Å². The van der Waals surface area contributed by atoms with E-state index < -0.39 is 16.2 Å². The fraction of sp³-hybridized carbons (Fsp3) is 0.222. The number of aryl methyl sites for hydroxylation is 1. The fourth-order valence-corrected chi connectivity index (χ4v) is 2.98. The standard InChI is InChI=1S/C18H16Cl2N2O3/c1-10-8-14(15(18(24)25-10)16(23)17(19)20)21-7-6-11-9-22-13-5-3-2-4-12(11)13/h2-5,8-9,17,21-22H,6-7H2,1H3. The normalized spacial score (nSPS) is 11.2. The van der Waals surface area contributed by atoms with E-state index in [1.807, 2.05) is 30.5 Å². The second kappa shape index (κ2) is 7.33. The van der Waals surface area contributed by atoms with Crippen molar-refractivity contribution in [1.82, 2.24) is 4.98 Å². The summed E-state index contributed by atoms with van der Waals surface area (Å²) < 4.78 is 4.99. The highest BCUT2D eigenvalue weighted by atomic mass is 35.5. The molecular weight excluding hydrogens is 363 g/mol. The van der Waals surface area contributed by atoms with Gasteiger partial charge in [0.25, 0.3) is 0 Å². The number of fused-ring (bicyclic) bond motifs is 1. The van der Waals surface area contributed by atoms with E-state index in [1.165, 1.54) is 0 Å². The summed E-state index contributed by atoms with van der Waals surface area (Å²) in [5.41, 5.74) is 1.69. The third kappa shape index (κ3) is 3.72. The molecule has 2 aromatic heterocycles. The Morgan fingerprint density at radius 1 is 1.32 bits per heavy atom. The highest BCUT2D eigenvalue weighted by molar-refractivity contribution is 6.55. The number of Topliss-reactive ketones (excluding diaryl/α,β-unsaturated/α-hetero) is 1. The lowest BCUT2D eigenvalue weighted by atomic mass is 10.1. The lowest BCUT2D eigenvalue weighted by Gasteiger charge is -2.11. The molecule has 1 aromatic carbocycles. The Bertz CT molecular complexity index is 976. The van der Waals surface area contributed by atoms with Gasteiger partial charge in [-0.15, -0.1) is 0 Å². The highest BCUT2D eigenvalue weighted by Gasteiger charge is 2.23. The Hall–Kier alpha value is -2.24. The first-order valence-electron chi connectivity index (χ1n) is 7.73. The van der Waals surface area contributed by atoms with Gasteiger partial charge in [-0.2, -0.15) is 0 Å². The van der Waals surface area contributed by atoms with Crippen molar-refractivity contribution in [3.8, 4) is 0 Å². The molecule has 0 aliphatic rings. The maximum absolute atomic E-state index is 12.1. The summed E-state index contributed by atoms with van der Waals surface area (Å²) in [5, 5.41) is 4.27. The number of anilines is 1. The van der Waals surface area contributed by atoms with Crippen molar-refractivity contribution >= 4 is 45.6 Å². The van der Waals surface area contributed by atoms with Gasteiger partial charge in [0.15, 0.2) is 4.84 Å². The molecule has 0 bridgehead atoms. The molecular formula is C18H16Cl2N2O3. The Labute approximate surface area is 153 Å². The molecule has 25 heavy (non-hydrogen) atoms. The van der Waals surface area contributed by atoms with Crippen LogP contribution >= 0.6 is 23.2 Å². The first-order chi connectivity index (χ1) is 12.0. The molecule has 5 nitrogen and oxygen atoms in total. The number of ketones is 1. The van der Waals surface area contributed by atoms with E-state index in [9.17, 15) is 9.59 Å². The number of alkyl halides is 2. The predicted octanol–water partition coefficient (Wildman–Crippen LogP) is 4.07. The summed E-state index contributed by atoms with van der Waals surface area (Å²) in [6, 6.07) is 9.61. The van der Waals surface area contributed by atoms with Crippen LogP contribution in [-0.4, -0.2) is 22.1 Å². The van der Waals surface area contributed by atoms with Crippen molar-refractivity contribution in [2.75, 3.05) is 11.9 Å². The number of carbonyl (C=O) groups excluding carboxylic acids is 1. The van der Waals surface area contributed by atoms with Crippen LogP contribution in [-0.2, 0) is 6.42 Å². The maximum atomic E-state index is 12.1. The van der Waals surface area contributed by atoms with Gasteiger partial charge in [-0.05, 0) is 25.0 Å². The van der Waals surface area contributed by atoms with Crippen molar-refractivity contribution in [2.45, 2.75) is 18.2 Å². The second-order valence-electron chi connectivity index (χ2n) is 5.63. The molecule has 0 aliphatic heterocycles. The van der Waals surface area contributed by atoms with Crippen LogP contribution in [0.3, 0.4) is 0 Å². The Kier molecular flexibility index (Phi) is 5.16. The molecule has 0 atom stereocenters. The molecule has 3 aromatic rings. The number of benzene rings is 1. The van der Waals surface area contributed by atoms with Crippen molar-refractivity contribution in [3.63, 3.8) is 0 Å². The molecule has 3 rings (SSSR count). The first-order valence-corrected chi connectivity index (χ1v) is 8.60. The van der Waals surface area contributed by atoms with E-state index >= 15 is 0 Å². The smallest absolute Gasteiger partial charge is 0.349 e. The summed E-state index contributed by atoms with van der Waals surface area (Å²) in [4.78, 5) is 26.0. The molecule has 0 spiro atoms. The molecule has 2 heterocycles. The van der Waals surface area contributed by atoms with Crippen LogP contribution in [0.5, 0.6) is 0 Å². The van der Waals surface area contributed by atoms with Gasteiger partial charge in [0.05, 0.1) is 5.69 Å². The fourth-order valence-electron chi connectivity index (χ4n) is 2.76. The van der Waals surface area contributed by atoms with Crippen LogP contribution < -0.4 is 10.9 Å². The quantitative estimate of drug-likeness (QED) is 0.500. The summed E-state index contributed by atoms with van der Waals surface area (Å²) in [5.74, 6) is -0.275. The number of hydrogen-bond donors (Lipinski definition) is 2. The monoisotopic (exact) mass is 378 g/mol. The zero-order valence-corrected chi connectivity index (χ0v) is 14.9. The van der Waals surface area contributed by atoms with Crippen molar-refractivity contribution in [2.24, 2.45) is 0 Å². The molecule has 0 saturated heterocycles. The largest absolute Gasteiger partial charge is 0.428 e. The Morgan fingerprint density at radius 3 is 2.84 bits per heavy atom. The number of halogens is 2. The van der Waals surface area contributed by atoms with Crippen LogP contribution in [0.2, 0.25) is 0 Å². The number of aromatic nitrogens is 1. The second-order valence-corrected chi connectivity index (χ2v) is 6.73. The number of nitrogens with one attached hydrogen (secondary N) is 2. The van der Waals surface area contributed by atoms with Gasteiger partial charge in [0, 0.05) is 29.7 Å².